The van der Waals surface area contributed by atoms with Gasteiger partial charge in [0.05, 0.1) is 4.92 Å². The highest BCUT2D eigenvalue weighted by Crippen LogP contribution is 2.27. The van der Waals surface area contributed by atoms with Crippen molar-refractivity contribution >= 4 is 17.3 Å². The number of benzene rings is 1. The third kappa shape index (κ3) is 4.49. The van der Waals surface area contributed by atoms with Crippen LogP contribution in [-0.4, -0.2) is 23.4 Å². The molecule has 1 atom stereocenters. The Hall–Kier alpha value is -2.55. The molecule has 112 valence electrons. The van der Waals surface area contributed by atoms with Gasteiger partial charge in [-0.3, -0.25) is 14.9 Å². The van der Waals surface area contributed by atoms with Gasteiger partial charge in [0, 0.05) is 30.6 Å². The van der Waals surface area contributed by atoms with E-state index in [1.165, 1.54) is 6.07 Å². The number of carbonyl (C=O) groups excluding carboxylic acids is 1. The molecule has 0 radical (unpaired) electrons. The molecule has 0 heterocycles. The number of rotatable bonds is 7. The largest absolute Gasteiger partial charge is 0.376 e. The van der Waals surface area contributed by atoms with E-state index >= 15 is 0 Å². The Bertz CT molecular complexity index is 564. The number of nitro benzene ring substituents is 1. The number of carbonyl (C=O) groups is 1. The van der Waals surface area contributed by atoms with Crippen molar-refractivity contribution in [2.75, 3.05) is 11.9 Å². The molecule has 0 saturated carbocycles. The van der Waals surface area contributed by atoms with Crippen LogP contribution in [-0.2, 0) is 0 Å². The van der Waals surface area contributed by atoms with Crippen LogP contribution in [0.1, 0.15) is 37.0 Å². The number of hydrogen-bond acceptors (Lipinski definition) is 4. The van der Waals surface area contributed by atoms with Gasteiger partial charge in [-0.15, -0.1) is 12.3 Å². The molecule has 0 fully saturated rings. The fraction of sp³-hybridized carbons (Fsp3) is 0.400. The van der Waals surface area contributed by atoms with Crippen molar-refractivity contribution in [1.29, 1.82) is 0 Å². The molecule has 1 rings (SSSR count). The molecule has 0 spiro atoms. The van der Waals surface area contributed by atoms with Crippen molar-refractivity contribution < 1.29 is 9.72 Å². The maximum absolute atomic E-state index is 11.7. The van der Waals surface area contributed by atoms with Gasteiger partial charge in [-0.05, 0) is 25.5 Å². The fourth-order valence-corrected chi connectivity index (χ4v) is 1.87. The van der Waals surface area contributed by atoms with Gasteiger partial charge < -0.3 is 10.6 Å². The van der Waals surface area contributed by atoms with Crippen LogP contribution in [0.2, 0.25) is 0 Å². The van der Waals surface area contributed by atoms with E-state index in [0.29, 0.717) is 18.7 Å². The lowest BCUT2D eigenvalue weighted by atomic mass is 10.1. The van der Waals surface area contributed by atoms with Crippen LogP contribution in [0.4, 0.5) is 11.4 Å². The van der Waals surface area contributed by atoms with Crippen molar-refractivity contribution in [3.05, 3.63) is 33.9 Å². The van der Waals surface area contributed by atoms with E-state index in [1.54, 1.807) is 19.1 Å². The molecule has 6 nitrogen and oxygen atoms in total. The van der Waals surface area contributed by atoms with Crippen LogP contribution in [0.25, 0.3) is 0 Å². The van der Waals surface area contributed by atoms with Gasteiger partial charge in [-0.2, -0.15) is 0 Å². The summed E-state index contributed by atoms with van der Waals surface area (Å²) in [5.74, 6) is 2.21. The molecule has 2 N–H and O–H groups in total. The Kier molecular flexibility index (Phi) is 6.21. The molecule has 1 aromatic carbocycles. The van der Waals surface area contributed by atoms with Crippen LogP contribution in [0.5, 0.6) is 0 Å². The molecule has 0 aliphatic carbocycles. The average molecular weight is 289 g/mol. The second-order valence-electron chi connectivity index (χ2n) is 4.51. The van der Waals surface area contributed by atoms with Crippen molar-refractivity contribution in [1.82, 2.24) is 5.32 Å². The zero-order valence-electron chi connectivity index (χ0n) is 12.2. The lowest BCUT2D eigenvalue weighted by Gasteiger charge is -2.16. The molecule has 0 aliphatic rings. The summed E-state index contributed by atoms with van der Waals surface area (Å²) in [5.41, 5.74) is 0.503. The van der Waals surface area contributed by atoms with Crippen LogP contribution in [0, 0.1) is 22.5 Å². The lowest BCUT2D eigenvalue weighted by molar-refractivity contribution is -0.384. The quantitative estimate of drug-likeness (QED) is 0.459. The first-order valence-electron chi connectivity index (χ1n) is 6.80. The Morgan fingerprint density at radius 3 is 2.71 bits per heavy atom. The van der Waals surface area contributed by atoms with Gasteiger partial charge >= 0.3 is 0 Å². The Labute approximate surface area is 124 Å². The molecule has 1 aromatic rings. The number of hydrogen-bond donors (Lipinski definition) is 2. The van der Waals surface area contributed by atoms with Crippen LogP contribution >= 0.6 is 0 Å². The minimum absolute atomic E-state index is 0.0379. The first kappa shape index (κ1) is 16.5. The number of nitrogens with zero attached hydrogens (tertiary/aromatic N) is 1. The summed E-state index contributed by atoms with van der Waals surface area (Å²) in [5, 5.41) is 16.8. The van der Waals surface area contributed by atoms with E-state index in [1.807, 2.05) is 6.92 Å². The highest BCUT2D eigenvalue weighted by molar-refractivity contribution is 5.95. The molecular weight excluding hydrogens is 270 g/mol. The molecule has 6 heteroatoms. The van der Waals surface area contributed by atoms with Crippen molar-refractivity contribution in [3.63, 3.8) is 0 Å². The van der Waals surface area contributed by atoms with Gasteiger partial charge in [0.1, 0.15) is 5.69 Å². The smallest absolute Gasteiger partial charge is 0.293 e. The van der Waals surface area contributed by atoms with Gasteiger partial charge in [0.25, 0.3) is 11.6 Å². The Morgan fingerprint density at radius 1 is 1.48 bits per heavy atom. The number of amides is 1. The summed E-state index contributed by atoms with van der Waals surface area (Å²) in [6.07, 6.45) is 6.50. The van der Waals surface area contributed by atoms with Gasteiger partial charge in [0.15, 0.2) is 0 Å². The van der Waals surface area contributed by atoms with E-state index in [9.17, 15) is 14.9 Å². The Balaban J connectivity index is 3.08. The summed E-state index contributed by atoms with van der Waals surface area (Å²) in [4.78, 5) is 22.4. The molecule has 0 saturated heterocycles. The normalized spacial score (nSPS) is 11.3. The maximum Gasteiger partial charge on any atom is 0.293 e. The molecule has 1 amide bonds. The minimum atomic E-state index is -0.506. The summed E-state index contributed by atoms with van der Waals surface area (Å²) in [6, 6.07) is 4.34. The second kappa shape index (κ2) is 7.90. The Morgan fingerprint density at radius 2 is 2.19 bits per heavy atom. The average Bonchev–Trinajstić information content (AvgIpc) is 2.47. The maximum atomic E-state index is 11.7. The van der Waals surface area contributed by atoms with Crippen molar-refractivity contribution in [3.8, 4) is 12.3 Å². The molecule has 1 unspecified atom stereocenters. The summed E-state index contributed by atoms with van der Waals surface area (Å²) >= 11 is 0. The highest BCUT2D eigenvalue weighted by atomic mass is 16.6. The van der Waals surface area contributed by atoms with E-state index in [-0.39, 0.29) is 23.2 Å². The first-order chi connectivity index (χ1) is 10.0. The molecule has 0 aliphatic heterocycles. The van der Waals surface area contributed by atoms with Gasteiger partial charge in [-0.1, -0.05) is 6.92 Å². The van der Waals surface area contributed by atoms with E-state index in [4.69, 9.17) is 6.42 Å². The van der Waals surface area contributed by atoms with Crippen LogP contribution in [0.15, 0.2) is 18.2 Å². The number of anilines is 1. The lowest BCUT2D eigenvalue weighted by Crippen LogP contribution is -2.23. The van der Waals surface area contributed by atoms with Crippen LogP contribution < -0.4 is 10.6 Å². The predicted molar refractivity (Wildman–Crippen MR) is 82.3 cm³/mol. The van der Waals surface area contributed by atoms with Crippen LogP contribution in [0.3, 0.4) is 0 Å². The number of nitrogens with one attached hydrogen (secondary N) is 2. The van der Waals surface area contributed by atoms with Gasteiger partial charge in [0.2, 0.25) is 0 Å². The monoisotopic (exact) mass is 289 g/mol. The molecular formula is C15H19N3O3. The summed E-state index contributed by atoms with van der Waals surface area (Å²) < 4.78 is 0. The zero-order chi connectivity index (χ0) is 15.8. The number of terminal acetylenes is 1. The molecule has 21 heavy (non-hydrogen) atoms. The zero-order valence-corrected chi connectivity index (χ0v) is 12.2. The van der Waals surface area contributed by atoms with Gasteiger partial charge in [-0.25, -0.2) is 0 Å². The minimum Gasteiger partial charge on any atom is -0.376 e. The molecule has 0 aromatic heterocycles. The molecule has 0 bridgehead atoms. The third-order valence-electron chi connectivity index (χ3n) is 3.01. The van der Waals surface area contributed by atoms with Crippen molar-refractivity contribution in [2.45, 2.75) is 32.7 Å². The topological polar surface area (TPSA) is 84.3 Å². The second-order valence-corrected chi connectivity index (χ2v) is 4.51. The number of nitro groups is 1. The van der Waals surface area contributed by atoms with E-state index in [2.05, 4.69) is 16.6 Å². The fourth-order valence-electron chi connectivity index (χ4n) is 1.87. The first-order valence-corrected chi connectivity index (χ1v) is 6.80. The summed E-state index contributed by atoms with van der Waals surface area (Å²) in [7, 11) is 0. The highest BCUT2D eigenvalue weighted by Gasteiger charge is 2.19. The van der Waals surface area contributed by atoms with E-state index < -0.39 is 4.92 Å². The standard InChI is InChI=1S/C15H19N3O3/c1-4-7-12(5-2)17-13-9-8-11(15(19)16-6-3)10-14(13)18(20)21/h1,8-10,12,17H,5-7H2,2-3H3,(H,16,19). The van der Waals surface area contributed by atoms with Crippen molar-refractivity contribution in [2.24, 2.45) is 0 Å². The summed E-state index contributed by atoms with van der Waals surface area (Å²) in [6.45, 7) is 4.20. The third-order valence-corrected chi connectivity index (χ3v) is 3.01. The predicted octanol–water partition coefficient (Wildman–Crippen LogP) is 2.56. The SMILES string of the molecule is C#CCC(CC)Nc1ccc(C(=O)NCC)cc1[N+](=O)[O-]. The van der Waals surface area contributed by atoms with E-state index in [0.717, 1.165) is 6.42 Å².